The fourth-order valence-electron chi connectivity index (χ4n) is 5.51. The number of likely N-dealkylation sites (tertiary alicyclic amines) is 1. The molecule has 4 aliphatic rings. The summed E-state index contributed by atoms with van der Waals surface area (Å²) in [5.74, 6) is 1.15. The summed E-state index contributed by atoms with van der Waals surface area (Å²) in [6.45, 7) is 2.82. The molecule has 2 aliphatic carbocycles. The maximum atomic E-state index is 10.9. The van der Waals surface area contributed by atoms with Gasteiger partial charge in [-0.15, -0.1) is 0 Å². The number of hydrogen-bond acceptors (Lipinski definition) is 4. The Morgan fingerprint density at radius 2 is 2.18 bits per heavy atom. The van der Waals surface area contributed by atoms with E-state index in [1.165, 1.54) is 5.56 Å². The molecular formula is C18H21NO3. The normalized spacial score (nSPS) is 44.6. The molecule has 5 atom stereocenters. The van der Waals surface area contributed by atoms with Crippen molar-refractivity contribution in [3.05, 3.63) is 35.4 Å². The Labute approximate surface area is 130 Å². The first-order valence-electron chi connectivity index (χ1n) is 8.09. The predicted molar refractivity (Wildman–Crippen MR) is 82.2 cm³/mol. The molecule has 1 aromatic carbocycles. The van der Waals surface area contributed by atoms with Gasteiger partial charge in [0.25, 0.3) is 0 Å². The van der Waals surface area contributed by atoms with Crippen LogP contribution in [0.5, 0.6) is 11.5 Å². The molecule has 0 aromatic heterocycles. The molecule has 1 spiro atoms. The van der Waals surface area contributed by atoms with Crippen LogP contribution in [0.25, 0.3) is 0 Å². The largest absolute Gasteiger partial charge is 0.504 e. The number of phenolic OH excluding ortho intramolecular Hbond substituents is 1. The molecule has 0 amide bonds. The Morgan fingerprint density at radius 1 is 1.36 bits per heavy atom. The minimum atomic E-state index is -1.00. The fourth-order valence-corrected chi connectivity index (χ4v) is 5.51. The van der Waals surface area contributed by atoms with Gasteiger partial charge in [-0.3, -0.25) is 0 Å². The van der Waals surface area contributed by atoms with Crippen LogP contribution in [0, 0.1) is 5.92 Å². The molecule has 22 heavy (non-hydrogen) atoms. The fraction of sp³-hybridized carbons (Fsp3) is 0.556. The van der Waals surface area contributed by atoms with Gasteiger partial charge in [0.05, 0.1) is 0 Å². The van der Waals surface area contributed by atoms with E-state index in [4.69, 9.17) is 4.74 Å². The number of aliphatic hydroxyl groups is 1. The lowest BCUT2D eigenvalue weighted by Crippen LogP contribution is -2.67. The maximum absolute atomic E-state index is 10.9. The van der Waals surface area contributed by atoms with Gasteiger partial charge in [-0.25, -0.2) is 0 Å². The van der Waals surface area contributed by atoms with E-state index < -0.39 is 5.60 Å². The number of piperidine rings is 1. The van der Waals surface area contributed by atoms with E-state index in [1.54, 1.807) is 6.07 Å². The summed E-state index contributed by atoms with van der Waals surface area (Å²) < 4.78 is 6.19. The second kappa shape index (κ2) is 3.69. The van der Waals surface area contributed by atoms with E-state index in [-0.39, 0.29) is 17.3 Å². The molecule has 0 saturated carbocycles. The van der Waals surface area contributed by atoms with Gasteiger partial charge in [0.2, 0.25) is 0 Å². The van der Waals surface area contributed by atoms with Crippen molar-refractivity contribution in [2.24, 2.45) is 5.92 Å². The number of nitrogens with zero attached hydrogens (tertiary/aromatic N) is 1. The quantitative estimate of drug-likeness (QED) is 0.714. The third kappa shape index (κ3) is 1.24. The maximum Gasteiger partial charge on any atom is 0.165 e. The molecule has 0 radical (unpaired) electrons. The highest BCUT2D eigenvalue weighted by atomic mass is 16.5. The molecule has 4 heteroatoms. The first-order chi connectivity index (χ1) is 10.4. The molecule has 2 heterocycles. The zero-order valence-corrected chi connectivity index (χ0v) is 12.9. The van der Waals surface area contributed by atoms with Gasteiger partial charge < -0.3 is 19.8 Å². The summed E-state index contributed by atoms with van der Waals surface area (Å²) in [6.07, 6.45) is 5.73. The van der Waals surface area contributed by atoms with Gasteiger partial charge in [0, 0.05) is 22.9 Å². The summed E-state index contributed by atoms with van der Waals surface area (Å²) in [7, 11) is 2.19. The molecule has 5 rings (SSSR count). The summed E-state index contributed by atoms with van der Waals surface area (Å²) in [4.78, 5) is 2.44. The van der Waals surface area contributed by atoms with Crippen LogP contribution in [0.3, 0.4) is 0 Å². The van der Waals surface area contributed by atoms with Crippen molar-refractivity contribution < 1.29 is 14.9 Å². The number of rotatable bonds is 0. The van der Waals surface area contributed by atoms with Gasteiger partial charge in [0.1, 0.15) is 11.7 Å². The van der Waals surface area contributed by atoms with E-state index in [0.717, 1.165) is 24.9 Å². The summed E-state index contributed by atoms with van der Waals surface area (Å²) in [5, 5.41) is 21.2. The standard InChI is InChI=1S/C18H21NO3/c1-17(21)6-5-11-12-9-10-3-4-13(20)15-14(10)18(11,16(17)22-15)7-8-19(12)2/h3-6,11-12,16,20-21H,7-9H2,1-2H3/t11-,12+,16-,17-,18-/m0/s1. The lowest BCUT2D eigenvalue weighted by Gasteiger charge is -2.58. The molecule has 2 aliphatic heterocycles. The van der Waals surface area contributed by atoms with Gasteiger partial charge in [-0.1, -0.05) is 18.2 Å². The monoisotopic (exact) mass is 299 g/mol. The Bertz CT molecular complexity index is 711. The average Bonchev–Trinajstić information content (AvgIpc) is 2.83. The first kappa shape index (κ1) is 13.0. The van der Waals surface area contributed by atoms with Crippen LogP contribution >= 0.6 is 0 Å². The number of aromatic hydroxyl groups is 1. The Morgan fingerprint density at radius 3 is 3.00 bits per heavy atom. The Hall–Kier alpha value is -1.52. The topological polar surface area (TPSA) is 52.9 Å². The van der Waals surface area contributed by atoms with Crippen molar-refractivity contribution in [2.45, 2.75) is 42.9 Å². The molecule has 2 N–H and O–H groups in total. The Balaban J connectivity index is 1.86. The van der Waals surface area contributed by atoms with Gasteiger partial charge in [-0.05, 0) is 45.0 Å². The third-order valence-electron chi connectivity index (χ3n) is 6.45. The van der Waals surface area contributed by atoms with Crippen LogP contribution in [0.4, 0.5) is 0 Å². The molecule has 116 valence electrons. The molecule has 4 nitrogen and oxygen atoms in total. The third-order valence-corrected chi connectivity index (χ3v) is 6.45. The minimum absolute atomic E-state index is 0.197. The molecule has 1 aromatic rings. The lowest BCUT2D eigenvalue weighted by molar-refractivity contribution is -0.0891. The van der Waals surface area contributed by atoms with Crippen LogP contribution in [0.1, 0.15) is 24.5 Å². The van der Waals surface area contributed by atoms with E-state index in [1.807, 2.05) is 19.1 Å². The number of ether oxygens (including phenoxy) is 1. The van der Waals surface area contributed by atoms with Crippen LogP contribution in [-0.4, -0.2) is 46.5 Å². The zero-order chi connectivity index (χ0) is 15.3. The Kier molecular flexibility index (Phi) is 2.17. The van der Waals surface area contributed by atoms with E-state index >= 15 is 0 Å². The smallest absolute Gasteiger partial charge is 0.165 e. The van der Waals surface area contributed by atoms with Gasteiger partial charge in [0.15, 0.2) is 11.5 Å². The van der Waals surface area contributed by atoms with Crippen LogP contribution in [-0.2, 0) is 11.8 Å². The summed E-state index contributed by atoms with van der Waals surface area (Å²) in [6, 6.07) is 4.22. The van der Waals surface area contributed by atoms with Crippen molar-refractivity contribution in [3.8, 4) is 11.5 Å². The van der Waals surface area contributed by atoms with Crippen molar-refractivity contribution in [3.63, 3.8) is 0 Å². The van der Waals surface area contributed by atoms with Gasteiger partial charge in [-0.2, -0.15) is 0 Å². The number of likely N-dealkylation sites (N-methyl/N-ethyl adjacent to an activating group) is 1. The lowest BCUT2D eigenvalue weighted by atomic mass is 9.51. The van der Waals surface area contributed by atoms with Crippen molar-refractivity contribution >= 4 is 0 Å². The van der Waals surface area contributed by atoms with Crippen molar-refractivity contribution in [1.29, 1.82) is 0 Å². The van der Waals surface area contributed by atoms with E-state index in [2.05, 4.69) is 18.0 Å². The SMILES string of the molecule is CN1CC[C@]23c4c5ccc(O)c4O[C@H]2[C@@](C)(O)C=C[C@H]3[C@H]1C5. The number of phenols is 1. The minimum Gasteiger partial charge on any atom is -0.504 e. The van der Waals surface area contributed by atoms with Crippen LogP contribution in [0.2, 0.25) is 0 Å². The number of benzene rings is 1. The highest BCUT2D eigenvalue weighted by molar-refractivity contribution is 5.62. The molecule has 2 bridgehead atoms. The summed E-state index contributed by atoms with van der Waals surface area (Å²) in [5.41, 5.74) is 1.24. The molecule has 1 saturated heterocycles. The zero-order valence-electron chi connectivity index (χ0n) is 12.9. The van der Waals surface area contributed by atoms with Crippen molar-refractivity contribution in [2.75, 3.05) is 13.6 Å². The predicted octanol–water partition coefficient (Wildman–Crippen LogP) is 1.59. The van der Waals surface area contributed by atoms with E-state index in [9.17, 15) is 10.2 Å². The van der Waals surface area contributed by atoms with Crippen LogP contribution < -0.4 is 4.74 Å². The molecular weight excluding hydrogens is 278 g/mol. The second-order valence-corrected chi connectivity index (χ2v) is 7.60. The van der Waals surface area contributed by atoms with E-state index in [0.29, 0.717) is 17.7 Å². The highest BCUT2D eigenvalue weighted by Gasteiger charge is 2.66. The second-order valence-electron chi connectivity index (χ2n) is 7.60. The highest BCUT2D eigenvalue weighted by Crippen LogP contribution is 2.63. The molecule has 1 fully saturated rings. The van der Waals surface area contributed by atoms with Crippen molar-refractivity contribution in [1.82, 2.24) is 4.90 Å². The molecule has 0 unspecified atom stereocenters. The average molecular weight is 299 g/mol. The summed E-state index contributed by atoms with van der Waals surface area (Å²) >= 11 is 0. The van der Waals surface area contributed by atoms with Gasteiger partial charge >= 0.3 is 0 Å². The first-order valence-corrected chi connectivity index (χ1v) is 8.09. The van der Waals surface area contributed by atoms with Crippen LogP contribution in [0.15, 0.2) is 24.3 Å². The number of hydrogen-bond donors (Lipinski definition) is 2.